The maximum absolute atomic E-state index is 11.7. The van der Waals surface area contributed by atoms with Gasteiger partial charge in [-0.2, -0.15) is 0 Å². The second kappa shape index (κ2) is 12.1. The molecule has 1 fully saturated rings. The number of halogens is 2. The smallest absolute Gasteiger partial charge is 0.226 e. The Kier molecular flexibility index (Phi) is 11.4. The molecule has 8 heteroatoms. The molecule has 0 spiro atoms. The minimum Gasteiger partial charge on any atom is -0.356 e. The molecular formula is C15H24Cl2N4O2. The molecule has 1 aliphatic heterocycles. The first-order valence-electron chi connectivity index (χ1n) is 7.41. The molecule has 0 saturated carbocycles. The molecule has 1 aliphatic rings. The van der Waals surface area contributed by atoms with E-state index in [4.69, 9.17) is 0 Å². The van der Waals surface area contributed by atoms with Crippen LogP contribution in [0.1, 0.15) is 25.7 Å². The van der Waals surface area contributed by atoms with E-state index in [1.54, 1.807) is 24.5 Å². The van der Waals surface area contributed by atoms with E-state index in [0.717, 1.165) is 31.6 Å². The number of carbonyl (C=O) groups is 2. The lowest BCUT2D eigenvalue weighted by molar-refractivity contribution is -0.121. The van der Waals surface area contributed by atoms with Gasteiger partial charge in [0.2, 0.25) is 11.8 Å². The molecular weight excluding hydrogens is 339 g/mol. The fraction of sp³-hybridized carbons (Fsp3) is 0.533. The van der Waals surface area contributed by atoms with Gasteiger partial charge >= 0.3 is 0 Å². The largest absolute Gasteiger partial charge is 0.356 e. The summed E-state index contributed by atoms with van der Waals surface area (Å²) in [5.74, 6) is 0.533. The van der Waals surface area contributed by atoms with Crippen LogP contribution in [0.15, 0.2) is 24.5 Å². The molecule has 0 bridgehead atoms. The number of hydrogen-bond donors (Lipinski definition) is 3. The summed E-state index contributed by atoms with van der Waals surface area (Å²) in [5.41, 5.74) is 0.718. The minimum atomic E-state index is -0.110. The van der Waals surface area contributed by atoms with Gasteiger partial charge in [0.05, 0.1) is 0 Å². The van der Waals surface area contributed by atoms with Crippen LogP contribution in [-0.4, -0.2) is 36.4 Å². The topological polar surface area (TPSA) is 83.1 Å². The van der Waals surface area contributed by atoms with Crippen molar-refractivity contribution in [3.8, 4) is 0 Å². The normalized spacial score (nSPS) is 15.9. The molecule has 1 aromatic rings. The van der Waals surface area contributed by atoms with Crippen LogP contribution in [0.4, 0.5) is 5.69 Å². The third-order valence-corrected chi connectivity index (χ3v) is 3.58. The number of anilines is 1. The molecule has 2 rings (SSSR count). The molecule has 1 atom stereocenters. The predicted octanol–water partition coefficient (Wildman–Crippen LogP) is 1.76. The van der Waals surface area contributed by atoms with Crippen LogP contribution in [0.3, 0.4) is 0 Å². The fourth-order valence-electron chi connectivity index (χ4n) is 2.36. The Morgan fingerprint density at radius 1 is 1.17 bits per heavy atom. The number of carbonyl (C=O) groups excluding carboxylic acids is 2. The highest BCUT2D eigenvalue weighted by molar-refractivity contribution is 5.91. The Labute approximate surface area is 149 Å². The van der Waals surface area contributed by atoms with Crippen molar-refractivity contribution in [3.63, 3.8) is 0 Å². The summed E-state index contributed by atoms with van der Waals surface area (Å²) in [7, 11) is 0. The molecule has 3 N–H and O–H groups in total. The quantitative estimate of drug-likeness (QED) is 0.689. The van der Waals surface area contributed by atoms with E-state index >= 15 is 0 Å². The van der Waals surface area contributed by atoms with E-state index in [1.165, 1.54) is 0 Å². The molecule has 0 aliphatic carbocycles. The van der Waals surface area contributed by atoms with Crippen molar-refractivity contribution in [2.24, 2.45) is 5.92 Å². The maximum atomic E-state index is 11.7. The standard InChI is InChI=1S/C15H22N4O2.2ClH/c20-14(2-1-12-3-7-17-11-12)18-10-6-15(21)19-13-4-8-16-9-5-13;;/h4-5,8-9,12,17H,1-3,6-7,10-11H2,(H,18,20)(H,16,19,21);2*1H. The van der Waals surface area contributed by atoms with Crippen molar-refractivity contribution in [2.45, 2.75) is 25.7 Å². The summed E-state index contributed by atoms with van der Waals surface area (Å²) in [4.78, 5) is 27.2. The highest BCUT2D eigenvalue weighted by Crippen LogP contribution is 2.13. The predicted molar refractivity (Wildman–Crippen MR) is 95.2 cm³/mol. The monoisotopic (exact) mass is 362 g/mol. The second-order valence-electron chi connectivity index (χ2n) is 5.28. The van der Waals surface area contributed by atoms with E-state index in [-0.39, 0.29) is 43.0 Å². The molecule has 2 amide bonds. The number of pyridine rings is 1. The van der Waals surface area contributed by atoms with Gasteiger partial charge in [0.25, 0.3) is 0 Å². The lowest BCUT2D eigenvalue weighted by atomic mass is 10.0. The van der Waals surface area contributed by atoms with Gasteiger partial charge in [-0.25, -0.2) is 0 Å². The summed E-state index contributed by atoms with van der Waals surface area (Å²) in [6.07, 6.45) is 6.13. The molecule has 2 heterocycles. The average Bonchev–Trinajstić information content (AvgIpc) is 2.99. The van der Waals surface area contributed by atoms with E-state index in [0.29, 0.717) is 18.9 Å². The van der Waals surface area contributed by atoms with Crippen LogP contribution < -0.4 is 16.0 Å². The molecule has 6 nitrogen and oxygen atoms in total. The molecule has 23 heavy (non-hydrogen) atoms. The Morgan fingerprint density at radius 3 is 2.57 bits per heavy atom. The number of hydrogen-bond acceptors (Lipinski definition) is 4. The van der Waals surface area contributed by atoms with Crippen molar-refractivity contribution >= 4 is 42.3 Å². The number of nitrogens with zero attached hydrogens (tertiary/aromatic N) is 1. The summed E-state index contributed by atoms with van der Waals surface area (Å²) < 4.78 is 0. The van der Waals surface area contributed by atoms with Crippen LogP contribution in [-0.2, 0) is 9.59 Å². The van der Waals surface area contributed by atoms with Gasteiger partial charge < -0.3 is 16.0 Å². The van der Waals surface area contributed by atoms with Crippen LogP contribution in [0.2, 0.25) is 0 Å². The van der Waals surface area contributed by atoms with Gasteiger partial charge in [0.1, 0.15) is 0 Å². The SMILES string of the molecule is Cl.Cl.O=C(CCC1CCNC1)NCCC(=O)Nc1ccncc1. The van der Waals surface area contributed by atoms with Gasteiger partial charge in [-0.15, -0.1) is 24.8 Å². The third-order valence-electron chi connectivity index (χ3n) is 3.58. The Morgan fingerprint density at radius 2 is 1.91 bits per heavy atom. The van der Waals surface area contributed by atoms with Crippen LogP contribution in [0.25, 0.3) is 0 Å². The van der Waals surface area contributed by atoms with E-state index < -0.39 is 0 Å². The second-order valence-corrected chi connectivity index (χ2v) is 5.28. The van der Waals surface area contributed by atoms with E-state index in [1.807, 2.05) is 0 Å². The molecule has 0 aromatic carbocycles. The number of amides is 2. The average molecular weight is 363 g/mol. The minimum absolute atomic E-state index is 0. The molecule has 1 saturated heterocycles. The van der Waals surface area contributed by atoms with Crippen LogP contribution >= 0.6 is 24.8 Å². The van der Waals surface area contributed by atoms with Gasteiger partial charge in [0, 0.05) is 37.5 Å². The third kappa shape index (κ3) is 8.74. The number of nitrogens with one attached hydrogen (secondary N) is 3. The van der Waals surface area contributed by atoms with E-state index in [2.05, 4.69) is 20.9 Å². The van der Waals surface area contributed by atoms with Gasteiger partial charge in [-0.3, -0.25) is 14.6 Å². The summed E-state index contributed by atoms with van der Waals surface area (Å²) >= 11 is 0. The van der Waals surface area contributed by atoms with Crippen molar-refractivity contribution in [2.75, 3.05) is 25.0 Å². The first-order valence-corrected chi connectivity index (χ1v) is 7.41. The maximum Gasteiger partial charge on any atom is 0.226 e. The zero-order valence-electron chi connectivity index (χ0n) is 12.9. The van der Waals surface area contributed by atoms with Crippen LogP contribution in [0, 0.1) is 5.92 Å². The summed E-state index contributed by atoms with van der Waals surface area (Å²) in [6, 6.07) is 3.46. The van der Waals surface area contributed by atoms with E-state index in [9.17, 15) is 9.59 Å². The first kappa shape index (κ1) is 21.6. The van der Waals surface area contributed by atoms with Crippen molar-refractivity contribution in [1.82, 2.24) is 15.6 Å². The summed E-state index contributed by atoms with van der Waals surface area (Å²) in [5, 5.41) is 8.83. The number of aromatic nitrogens is 1. The fourth-order valence-corrected chi connectivity index (χ4v) is 2.36. The molecule has 1 aromatic heterocycles. The lowest BCUT2D eigenvalue weighted by Crippen LogP contribution is -2.28. The van der Waals surface area contributed by atoms with Crippen molar-refractivity contribution in [3.05, 3.63) is 24.5 Å². The molecule has 0 radical (unpaired) electrons. The highest BCUT2D eigenvalue weighted by atomic mass is 35.5. The Balaban J connectivity index is 0.00000242. The lowest BCUT2D eigenvalue weighted by Gasteiger charge is -2.09. The van der Waals surface area contributed by atoms with Gasteiger partial charge in [-0.05, 0) is 44.0 Å². The first-order chi connectivity index (χ1) is 10.2. The zero-order chi connectivity index (χ0) is 14.9. The van der Waals surface area contributed by atoms with Crippen LogP contribution in [0.5, 0.6) is 0 Å². The Bertz CT molecular complexity index is 468. The highest BCUT2D eigenvalue weighted by Gasteiger charge is 2.15. The van der Waals surface area contributed by atoms with Gasteiger partial charge in [0.15, 0.2) is 0 Å². The van der Waals surface area contributed by atoms with Gasteiger partial charge in [-0.1, -0.05) is 0 Å². The van der Waals surface area contributed by atoms with Crippen molar-refractivity contribution < 1.29 is 9.59 Å². The number of rotatable bonds is 7. The van der Waals surface area contributed by atoms with Crippen molar-refractivity contribution in [1.29, 1.82) is 0 Å². The summed E-state index contributed by atoms with van der Waals surface area (Å²) in [6.45, 7) is 2.45. The molecule has 1 unspecified atom stereocenters. The Hall–Kier alpha value is -1.37. The zero-order valence-corrected chi connectivity index (χ0v) is 14.5. The molecule has 130 valence electrons.